The Hall–Kier alpha value is -1.50. The highest BCUT2D eigenvalue weighted by Crippen LogP contribution is 2.43. The topological polar surface area (TPSA) is 82.0 Å². The maximum Gasteiger partial charge on any atom is 0.264 e. The largest absolute Gasteiger partial charge is 0.507 e. The van der Waals surface area contributed by atoms with Gasteiger partial charge in [0, 0.05) is 29.1 Å². The van der Waals surface area contributed by atoms with Gasteiger partial charge < -0.3 is 20.4 Å². The van der Waals surface area contributed by atoms with E-state index < -0.39 is 16.7 Å². The number of hydrogen-bond acceptors (Lipinski definition) is 5. The third kappa shape index (κ3) is 4.02. The van der Waals surface area contributed by atoms with Crippen molar-refractivity contribution in [3.05, 3.63) is 22.3 Å². The highest BCUT2D eigenvalue weighted by Gasteiger charge is 2.47. The van der Waals surface area contributed by atoms with E-state index in [1.807, 2.05) is 55.4 Å². The molecule has 1 unspecified atom stereocenters. The Labute approximate surface area is 186 Å². The Balaban J connectivity index is 0.00000320. The molecular weight excluding hydrogens is 404 g/mol. The third-order valence-corrected chi connectivity index (χ3v) is 6.97. The van der Waals surface area contributed by atoms with Gasteiger partial charge in [0.2, 0.25) is 0 Å². The van der Waals surface area contributed by atoms with Crippen molar-refractivity contribution in [3.8, 4) is 11.5 Å². The molecule has 1 saturated heterocycles. The molecule has 3 N–H and O–H groups in total. The number of piperidine rings is 1. The summed E-state index contributed by atoms with van der Waals surface area (Å²) in [5, 5.41) is 25.5. The number of phenols is 1. The number of fused-ring (bicyclic) bond motifs is 1. The van der Waals surface area contributed by atoms with Gasteiger partial charge in [-0.3, -0.25) is 4.79 Å². The van der Waals surface area contributed by atoms with Crippen molar-refractivity contribution in [3.63, 3.8) is 0 Å². The van der Waals surface area contributed by atoms with Gasteiger partial charge in [0.05, 0.1) is 0 Å². The zero-order valence-corrected chi connectivity index (χ0v) is 20.3. The van der Waals surface area contributed by atoms with Crippen molar-refractivity contribution in [2.24, 2.45) is 0 Å². The summed E-state index contributed by atoms with van der Waals surface area (Å²) in [6.07, 6.45) is 2.57. The second-order valence-corrected chi connectivity index (χ2v) is 10.4. The van der Waals surface area contributed by atoms with Gasteiger partial charge in [0.1, 0.15) is 11.5 Å². The molecular formula is C23H37ClN2O4. The van der Waals surface area contributed by atoms with E-state index in [2.05, 4.69) is 5.32 Å². The van der Waals surface area contributed by atoms with Crippen molar-refractivity contribution >= 4 is 18.3 Å². The predicted molar refractivity (Wildman–Crippen MR) is 120 cm³/mol. The summed E-state index contributed by atoms with van der Waals surface area (Å²) < 4.78 is 6.31. The molecule has 6 nitrogen and oxygen atoms in total. The number of nitrogens with one attached hydrogen (secondary N) is 1. The fourth-order valence-corrected chi connectivity index (χ4v) is 5.12. The first-order chi connectivity index (χ1) is 13.2. The molecule has 2 aliphatic heterocycles. The summed E-state index contributed by atoms with van der Waals surface area (Å²) in [6, 6.07) is -0.0397. The number of aromatic hydroxyl groups is 1. The molecule has 30 heavy (non-hydrogen) atoms. The van der Waals surface area contributed by atoms with Crippen LogP contribution in [0.5, 0.6) is 11.5 Å². The molecule has 7 heteroatoms. The molecule has 0 aliphatic carbocycles. The van der Waals surface area contributed by atoms with Crippen molar-refractivity contribution in [2.45, 2.75) is 104 Å². The van der Waals surface area contributed by atoms with Gasteiger partial charge >= 0.3 is 0 Å². The lowest BCUT2D eigenvalue weighted by molar-refractivity contribution is -0.246. The van der Waals surface area contributed by atoms with Crippen molar-refractivity contribution in [1.29, 1.82) is 0 Å². The first-order valence-corrected chi connectivity index (χ1v) is 10.5. The number of rotatable bonds is 2. The fraction of sp³-hybridized carbons (Fsp3) is 0.696. The summed E-state index contributed by atoms with van der Waals surface area (Å²) in [4.78, 5) is 13.3. The van der Waals surface area contributed by atoms with Crippen LogP contribution in [0.3, 0.4) is 0 Å². The van der Waals surface area contributed by atoms with Crippen LogP contribution in [0.2, 0.25) is 0 Å². The molecule has 1 fully saturated rings. The van der Waals surface area contributed by atoms with Crippen LogP contribution < -0.4 is 10.1 Å². The Kier molecular flexibility index (Phi) is 6.51. The Morgan fingerprint density at radius 2 is 1.57 bits per heavy atom. The molecule has 1 atom stereocenters. The number of carbonyl (C=O) groups is 1. The highest BCUT2D eigenvalue weighted by atomic mass is 35.5. The van der Waals surface area contributed by atoms with E-state index in [-0.39, 0.29) is 24.4 Å². The van der Waals surface area contributed by atoms with E-state index in [4.69, 9.17) is 4.74 Å². The minimum Gasteiger partial charge on any atom is -0.507 e. The summed E-state index contributed by atoms with van der Waals surface area (Å²) in [5.74, 6) is 0.930. The number of ether oxygens (including phenoxy) is 1. The molecule has 1 aromatic carbocycles. The SMILES string of the molecule is Cc1c(C)c2c(c(C)c1O)CCC(C)(C(=O)NC1CC(C)(C)N(O)C(C)(C)C1)O2.Cl. The number of carbonyl (C=O) groups excluding carboxylic acids is 1. The molecule has 3 rings (SSSR count). The smallest absolute Gasteiger partial charge is 0.264 e. The van der Waals surface area contributed by atoms with E-state index in [1.165, 1.54) is 5.06 Å². The van der Waals surface area contributed by atoms with Crippen molar-refractivity contribution < 1.29 is 19.8 Å². The Bertz CT molecular complexity index is 834. The lowest BCUT2D eigenvalue weighted by Crippen LogP contribution is -2.64. The van der Waals surface area contributed by atoms with E-state index in [1.54, 1.807) is 0 Å². The number of amides is 1. The molecule has 2 heterocycles. The summed E-state index contributed by atoms with van der Waals surface area (Å²) in [7, 11) is 0. The normalized spacial score (nSPS) is 25.6. The van der Waals surface area contributed by atoms with Gasteiger partial charge in [-0.25, -0.2) is 0 Å². The zero-order chi connectivity index (χ0) is 21.9. The predicted octanol–water partition coefficient (Wildman–Crippen LogP) is 4.35. The molecule has 0 radical (unpaired) electrons. The summed E-state index contributed by atoms with van der Waals surface area (Å²) >= 11 is 0. The monoisotopic (exact) mass is 440 g/mol. The van der Waals surface area contributed by atoms with Crippen molar-refractivity contribution in [2.75, 3.05) is 0 Å². The lowest BCUT2D eigenvalue weighted by atomic mass is 9.78. The molecule has 0 aromatic heterocycles. The molecule has 0 bridgehead atoms. The minimum atomic E-state index is -0.960. The van der Waals surface area contributed by atoms with Crippen LogP contribution in [-0.2, 0) is 11.2 Å². The maximum atomic E-state index is 13.3. The zero-order valence-electron chi connectivity index (χ0n) is 19.5. The van der Waals surface area contributed by atoms with Gasteiger partial charge in [-0.2, -0.15) is 5.06 Å². The maximum absolute atomic E-state index is 13.3. The van der Waals surface area contributed by atoms with Gasteiger partial charge in [-0.15, -0.1) is 12.4 Å². The number of hydrogen-bond donors (Lipinski definition) is 3. The van der Waals surface area contributed by atoms with Crippen LogP contribution in [0.15, 0.2) is 0 Å². The summed E-state index contributed by atoms with van der Waals surface area (Å²) in [6.45, 7) is 15.5. The first kappa shape index (κ1) is 24.8. The summed E-state index contributed by atoms with van der Waals surface area (Å²) in [5.41, 5.74) is 1.70. The number of phenolic OH excluding ortho intramolecular Hbond substituents is 1. The second-order valence-electron chi connectivity index (χ2n) is 10.4. The van der Waals surface area contributed by atoms with E-state index in [0.717, 1.165) is 28.0 Å². The minimum absolute atomic E-state index is 0. The molecule has 1 amide bonds. The van der Waals surface area contributed by atoms with E-state index in [9.17, 15) is 15.1 Å². The quantitative estimate of drug-likeness (QED) is 0.636. The molecule has 2 aliphatic rings. The van der Waals surface area contributed by atoms with Crippen LogP contribution in [-0.4, -0.2) is 44.0 Å². The molecule has 0 saturated carbocycles. The van der Waals surface area contributed by atoms with Gasteiger partial charge in [-0.05, 0) is 91.3 Å². The average Bonchev–Trinajstić information content (AvgIpc) is 2.62. The molecule has 0 spiro atoms. The number of nitrogens with zero attached hydrogens (tertiary/aromatic N) is 1. The van der Waals surface area contributed by atoms with Crippen LogP contribution in [0.1, 0.15) is 76.1 Å². The average molecular weight is 441 g/mol. The molecule has 170 valence electrons. The Morgan fingerprint density at radius 1 is 1.03 bits per heavy atom. The Morgan fingerprint density at radius 3 is 2.10 bits per heavy atom. The van der Waals surface area contributed by atoms with Gasteiger partial charge in [-0.1, -0.05) is 0 Å². The van der Waals surface area contributed by atoms with E-state index >= 15 is 0 Å². The lowest BCUT2D eigenvalue weighted by Gasteiger charge is -2.52. The van der Waals surface area contributed by atoms with Gasteiger partial charge in [0.15, 0.2) is 5.60 Å². The third-order valence-electron chi connectivity index (χ3n) is 6.97. The van der Waals surface area contributed by atoms with Crippen LogP contribution in [0.25, 0.3) is 0 Å². The number of hydroxylamine groups is 2. The van der Waals surface area contributed by atoms with Crippen LogP contribution in [0.4, 0.5) is 0 Å². The molecule has 1 aromatic rings. The van der Waals surface area contributed by atoms with Gasteiger partial charge in [0.25, 0.3) is 5.91 Å². The standard InChI is InChI=1S/C23H36N2O4.ClH/c1-13-14(2)19-17(15(3)18(13)26)9-10-23(8,29-19)20(27)24-16-11-21(4,5)25(28)22(6,7)12-16;/h16,26,28H,9-12H2,1-8H3,(H,24,27);1H. The fourth-order valence-electron chi connectivity index (χ4n) is 5.12. The number of benzene rings is 1. The van der Waals surface area contributed by atoms with Crippen molar-refractivity contribution in [1.82, 2.24) is 10.4 Å². The highest BCUT2D eigenvalue weighted by molar-refractivity contribution is 5.86. The first-order valence-electron chi connectivity index (χ1n) is 10.5. The number of halogens is 1. The van der Waals surface area contributed by atoms with Crippen LogP contribution in [0, 0.1) is 20.8 Å². The van der Waals surface area contributed by atoms with Crippen LogP contribution >= 0.6 is 12.4 Å². The second kappa shape index (κ2) is 7.88. The van der Waals surface area contributed by atoms with E-state index in [0.29, 0.717) is 31.4 Å².